The molecule has 0 radical (unpaired) electrons. The molecule has 0 bridgehead atoms. The molecule has 3 N–H and O–H groups in total. The van der Waals surface area contributed by atoms with Gasteiger partial charge in [-0.2, -0.15) is 0 Å². The second-order valence-corrected chi connectivity index (χ2v) is 6.49. The molecular weight excluding hydrogens is 411 g/mol. The van der Waals surface area contributed by atoms with E-state index in [2.05, 4.69) is 20.5 Å². The molecule has 1 aromatic carbocycles. The van der Waals surface area contributed by atoms with Crippen molar-refractivity contribution in [3.05, 3.63) is 34.1 Å². The summed E-state index contributed by atoms with van der Waals surface area (Å²) in [7, 11) is 0. The molecular formula is C18H27Cl3N4O2. The van der Waals surface area contributed by atoms with Crippen LogP contribution in [-0.4, -0.2) is 55.8 Å². The maximum Gasteiger partial charge on any atom is 0.253 e. The smallest absolute Gasteiger partial charge is 0.253 e. The van der Waals surface area contributed by atoms with E-state index >= 15 is 0 Å². The molecule has 6 nitrogen and oxygen atoms in total. The van der Waals surface area contributed by atoms with Gasteiger partial charge in [-0.3, -0.25) is 9.69 Å². The summed E-state index contributed by atoms with van der Waals surface area (Å²) in [6.07, 6.45) is 1.84. The standard InChI is InChI=1S/C18H24N4O2.3ClH/c23-18-14-2-1-5-20-17(14)15-12-13(3-4-16(15)21-18)24-11-10-22-8-6-19-7-9-22;;;/h3-4,12,19-20H,1-2,5-11H2,(H,21,23);3*1H. The van der Waals surface area contributed by atoms with Gasteiger partial charge in [0.2, 0.25) is 0 Å². The van der Waals surface area contributed by atoms with E-state index in [4.69, 9.17) is 4.74 Å². The monoisotopic (exact) mass is 436 g/mol. The predicted molar refractivity (Wildman–Crippen MR) is 118 cm³/mol. The minimum atomic E-state index is 0. The van der Waals surface area contributed by atoms with Gasteiger partial charge < -0.3 is 20.4 Å². The molecule has 2 aliphatic heterocycles. The highest BCUT2D eigenvalue weighted by Crippen LogP contribution is 2.30. The summed E-state index contributed by atoms with van der Waals surface area (Å²) < 4.78 is 5.96. The van der Waals surface area contributed by atoms with Crippen molar-refractivity contribution >= 4 is 53.8 Å². The zero-order valence-corrected chi connectivity index (χ0v) is 17.5. The van der Waals surface area contributed by atoms with E-state index in [1.54, 1.807) is 0 Å². The number of fused-ring (bicyclic) bond motifs is 3. The highest BCUT2D eigenvalue weighted by molar-refractivity contribution is 5.94. The van der Waals surface area contributed by atoms with Gasteiger partial charge in [-0.25, -0.2) is 0 Å². The van der Waals surface area contributed by atoms with E-state index in [0.29, 0.717) is 6.61 Å². The van der Waals surface area contributed by atoms with Crippen molar-refractivity contribution in [2.75, 3.05) is 51.2 Å². The van der Waals surface area contributed by atoms with Crippen LogP contribution >= 0.6 is 37.2 Å². The number of pyridine rings is 1. The van der Waals surface area contributed by atoms with Gasteiger partial charge in [0.25, 0.3) is 5.56 Å². The second-order valence-electron chi connectivity index (χ2n) is 6.49. The number of hydrogen-bond acceptors (Lipinski definition) is 5. The van der Waals surface area contributed by atoms with Crippen molar-refractivity contribution in [3.8, 4) is 5.75 Å². The lowest BCUT2D eigenvalue weighted by Crippen LogP contribution is -2.44. The first kappa shape index (κ1) is 23.9. The van der Waals surface area contributed by atoms with Gasteiger partial charge in [0, 0.05) is 50.2 Å². The largest absolute Gasteiger partial charge is 0.492 e. The number of benzene rings is 1. The van der Waals surface area contributed by atoms with E-state index in [1.807, 2.05) is 18.2 Å². The number of rotatable bonds is 4. The van der Waals surface area contributed by atoms with E-state index < -0.39 is 0 Å². The summed E-state index contributed by atoms with van der Waals surface area (Å²) in [5, 5.41) is 7.79. The molecule has 1 saturated heterocycles. The van der Waals surface area contributed by atoms with Crippen LogP contribution in [0.1, 0.15) is 12.0 Å². The van der Waals surface area contributed by atoms with Gasteiger partial charge in [0.1, 0.15) is 12.4 Å². The van der Waals surface area contributed by atoms with E-state index in [1.165, 1.54) is 0 Å². The zero-order chi connectivity index (χ0) is 16.4. The lowest BCUT2D eigenvalue weighted by Gasteiger charge is -2.27. The number of H-pyrrole nitrogens is 1. The van der Waals surface area contributed by atoms with Crippen LogP contribution in [0.15, 0.2) is 23.0 Å². The number of hydrogen-bond donors (Lipinski definition) is 3. The van der Waals surface area contributed by atoms with Crippen molar-refractivity contribution in [1.29, 1.82) is 0 Å². The minimum absolute atomic E-state index is 0. The number of aromatic amines is 1. The molecule has 0 spiro atoms. The zero-order valence-electron chi connectivity index (χ0n) is 15.1. The van der Waals surface area contributed by atoms with E-state index in [0.717, 1.165) is 80.0 Å². The molecule has 0 unspecified atom stereocenters. The Morgan fingerprint density at radius 2 is 1.85 bits per heavy atom. The van der Waals surface area contributed by atoms with E-state index in [9.17, 15) is 4.79 Å². The van der Waals surface area contributed by atoms with Gasteiger partial charge in [0.15, 0.2) is 0 Å². The van der Waals surface area contributed by atoms with Crippen molar-refractivity contribution in [2.45, 2.75) is 12.8 Å². The molecule has 0 saturated carbocycles. The summed E-state index contributed by atoms with van der Waals surface area (Å²) >= 11 is 0. The number of piperazine rings is 1. The molecule has 1 aromatic heterocycles. The molecule has 27 heavy (non-hydrogen) atoms. The molecule has 2 aromatic rings. The first-order chi connectivity index (χ1) is 11.8. The van der Waals surface area contributed by atoms with Crippen LogP contribution in [0.5, 0.6) is 5.75 Å². The highest BCUT2D eigenvalue weighted by atomic mass is 35.5. The number of halogens is 3. The topological polar surface area (TPSA) is 69.4 Å². The van der Waals surface area contributed by atoms with Gasteiger partial charge in [-0.05, 0) is 31.0 Å². The number of nitrogens with zero attached hydrogens (tertiary/aromatic N) is 1. The van der Waals surface area contributed by atoms with Crippen molar-refractivity contribution in [1.82, 2.24) is 15.2 Å². The summed E-state index contributed by atoms with van der Waals surface area (Å²) in [5.41, 5.74) is 2.74. The quantitative estimate of drug-likeness (QED) is 0.685. The average Bonchev–Trinajstić information content (AvgIpc) is 2.63. The number of aromatic nitrogens is 1. The molecule has 3 heterocycles. The van der Waals surface area contributed by atoms with Crippen LogP contribution in [0, 0.1) is 0 Å². The Hall–Kier alpha value is -1.18. The predicted octanol–water partition coefficient (Wildman–Crippen LogP) is 2.44. The van der Waals surface area contributed by atoms with Crippen molar-refractivity contribution < 1.29 is 4.74 Å². The third kappa shape index (κ3) is 5.42. The van der Waals surface area contributed by atoms with Gasteiger partial charge in [0.05, 0.1) is 11.2 Å². The molecule has 152 valence electrons. The molecule has 0 atom stereocenters. The lowest BCUT2D eigenvalue weighted by molar-refractivity contribution is 0.191. The van der Waals surface area contributed by atoms with Crippen LogP contribution < -0.4 is 20.9 Å². The molecule has 2 aliphatic rings. The molecule has 9 heteroatoms. The Labute approximate surface area is 177 Å². The maximum atomic E-state index is 12.2. The summed E-state index contributed by atoms with van der Waals surface area (Å²) in [6.45, 7) is 6.83. The fourth-order valence-electron chi connectivity index (χ4n) is 3.55. The fraction of sp³-hybridized carbons (Fsp3) is 0.500. The number of anilines is 1. The first-order valence-electron chi connectivity index (χ1n) is 8.80. The molecule has 0 amide bonds. The number of nitrogens with one attached hydrogen (secondary N) is 3. The Morgan fingerprint density at radius 3 is 2.63 bits per heavy atom. The fourth-order valence-corrected chi connectivity index (χ4v) is 3.55. The molecule has 4 rings (SSSR count). The minimum Gasteiger partial charge on any atom is -0.492 e. The maximum absolute atomic E-state index is 12.2. The van der Waals surface area contributed by atoms with Gasteiger partial charge in [-0.15, -0.1) is 37.2 Å². The highest BCUT2D eigenvalue weighted by Gasteiger charge is 2.16. The summed E-state index contributed by atoms with van der Waals surface area (Å²) in [4.78, 5) is 17.6. The SMILES string of the molecule is Cl.Cl.Cl.O=c1[nH]c2ccc(OCCN3CCNCC3)cc2c2c1CCCN2. The Bertz CT molecular complexity index is 794. The average molecular weight is 438 g/mol. The summed E-state index contributed by atoms with van der Waals surface area (Å²) in [6, 6.07) is 5.92. The molecule has 0 aliphatic carbocycles. The lowest BCUT2D eigenvalue weighted by atomic mass is 10.0. The Kier molecular flexibility index (Phi) is 9.70. The Morgan fingerprint density at radius 1 is 1.07 bits per heavy atom. The molecule has 1 fully saturated rings. The van der Waals surface area contributed by atoms with Crippen molar-refractivity contribution in [3.63, 3.8) is 0 Å². The van der Waals surface area contributed by atoms with Crippen LogP contribution in [0.2, 0.25) is 0 Å². The van der Waals surface area contributed by atoms with Gasteiger partial charge in [-0.1, -0.05) is 0 Å². The van der Waals surface area contributed by atoms with Crippen LogP contribution in [0.25, 0.3) is 10.9 Å². The van der Waals surface area contributed by atoms with Crippen LogP contribution in [0.4, 0.5) is 5.69 Å². The van der Waals surface area contributed by atoms with Gasteiger partial charge >= 0.3 is 0 Å². The van der Waals surface area contributed by atoms with E-state index in [-0.39, 0.29) is 42.8 Å². The second kappa shape index (κ2) is 11.0. The summed E-state index contributed by atoms with van der Waals surface area (Å²) in [5.74, 6) is 0.860. The van der Waals surface area contributed by atoms with Crippen LogP contribution in [0.3, 0.4) is 0 Å². The van der Waals surface area contributed by atoms with Crippen LogP contribution in [-0.2, 0) is 6.42 Å². The third-order valence-electron chi connectivity index (χ3n) is 4.88. The van der Waals surface area contributed by atoms with Crippen molar-refractivity contribution in [2.24, 2.45) is 0 Å². The normalized spacial score (nSPS) is 16.1. The number of ether oxygens (including phenoxy) is 1. The Balaban J connectivity index is 0.00000121. The first-order valence-corrected chi connectivity index (χ1v) is 8.80. The third-order valence-corrected chi connectivity index (χ3v) is 4.88.